The molecule has 5 rings (SSSR count). The molecule has 0 bridgehead atoms. The molecule has 34 heavy (non-hydrogen) atoms. The fourth-order valence-electron chi connectivity index (χ4n) is 6.75. The Kier molecular flexibility index (Phi) is 4.73. The van der Waals surface area contributed by atoms with E-state index in [1.807, 2.05) is 13.8 Å². The number of ketones is 1. The molecular formula is C27H32O7. The van der Waals surface area contributed by atoms with Crippen molar-refractivity contribution in [3.63, 3.8) is 0 Å². The monoisotopic (exact) mass is 468 g/mol. The van der Waals surface area contributed by atoms with Crippen molar-refractivity contribution in [2.75, 3.05) is 7.11 Å². The second-order valence-electron chi connectivity index (χ2n) is 11.1. The number of benzene rings is 1. The number of hydrogen-bond acceptors (Lipinski definition) is 7. The highest BCUT2D eigenvalue weighted by Crippen LogP contribution is 2.66. The van der Waals surface area contributed by atoms with Gasteiger partial charge in [0.05, 0.1) is 23.7 Å². The smallest absolute Gasteiger partial charge is 0.343 e. The molecular weight excluding hydrogens is 436 g/mol. The first-order chi connectivity index (χ1) is 15.8. The quantitative estimate of drug-likeness (QED) is 0.693. The van der Waals surface area contributed by atoms with Gasteiger partial charge in [-0.05, 0) is 62.8 Å². The molecule has 2 saturated carbocycles. The van der Waals surface area contributed by atoms with E-state index < -0.39 is 33.3 Å². The van der Waals surface area contributed by atoms with Crippen molar-refractivity contribution in [3.8, 4) is 22.8 Å². The number of Topliss-reactive ketones (excluding diaryl/α,β-unsaturated/α-hetero) is 1. The van der Waals surface area contributed by atoms with Gasteiger partial charge in [0, 0.05) is 24.5 Å². The van der Waals surface area contributed by atoms with Gasteiger partial charge in [0.25, 0.3) is 0 Å². The molecule has 0 unspecified atom stereocenters. The van der Waals surface area contributed by atoms with Crippen LogP contribution in [0.3, 0.4) is 0 Å². The largest absolute Gasteiger partial charge is 0.497 e. The van der Waals surface area contributed by atoms with Crippen LogP contribution in [0.15, 0.2) is 39.5 Å². The van der Waals surface area contributed by atoms with Crippen LogP contribution in [0.2, 0.25) is 0 Å². The number of rotatable bonds is 2. The summed E-state index contributed by atoms with van der Waals surface area (Å²) >= 11 is 0. The highest BCUT2D eigenvalue weighted by Gasteiger charge is 2.78. The second-order valence-corrected chi connectivity index (χ2v) is 11.1. The van der Waals surface area contributed by atoms with Crippen molar-refractivity contribution in [3.05, 3.63) is 46.3 Å². The van der Waals surface area contributed by atoms with E-state index in [4.69, 9.17) is 13.9 Å². The Hall–Kier alpha value is -2.64. The van der Waals surface area contributed by atoms with E-state index in [1.165, 1.54) is 0 Å². The minimum atomic E-state index is -1.79. The van der Waals surface area contributed by atoms with E-state index in [0.717, 1.165) is 0 Å². The van der Waals surface area contributed by atoms with Gasteiger partial charge < -0.3 is 24.1 Å². The molecule has 2 N–H and O–H groups in total. The molecule has 7 heteroatoms. The van der Waals surface area contributed by atoms with Crippen LogP contribution < -0.4 is 15.1 Å². The highest BCUT2D eigenvalue weighted by atomic mass is 16.5. The molecule has 1 aromatic heterocycles. The average Bonchev–Trinajstić information content (AvgIpc) is 2.80. The SMILES string of the molecule is COc1ccc(-c2cc3c(c(=O)o2)C[C@]2(O)[C@@]4(C)C(=O)CCC(C)(C)[C@]4(O)CC[C@@]2(C)O3)cc1. The molecule has 0 radical (unpaired) electrons. The maximum atomic E-state index is 13.4. The van der Waals surface area contributed by atoms with Gasteiger partial charge in [-0.25, -0.2) is 4.79 Å². The molecule has 0 saturated heterocycles. The molecule has 1 aromatic carbocycles. The molecule has 7 nitrogen and oxygen atoms in total. The lowest BCUT2D eigenvalue weighted by Gasteiger charge is -2.69. The maximum Gasteiger partial charge on any atom is 0.343 e. The van der Waals surface area contributed by atoms with Crippen LogP contribution in [0.4, 0.5) is 0 Å². The standard InChI is InChI=1S/C27H32O7/c1-23(2)11-10-21(28)25(4)26(23,30)13-12-24(3)27(25,31)15-18-20(34-24)14-19(33-22(18)29)16-6-8-17(32-5)9-7-16/h6-9,14,30-31H,10-13,15H2,1-5H3/t24-,25+,26-,27-/m1/s1. The van der Waals surface area contributed by atoms with Crippen LogP contribution >= 0.6 is 0 Å². The van der Waals surface area contributed by atoms with E-state index in [-0.39, 0.29) is 24.2 Å². The zero-order chi connectivity index (χ0) is 24.7. The Morgan fingerprint density at radius 1 is 0.941 bits per heavy atom. The van der Waals surface area contributed by atoms with E-state index in [1.54, 1.807) is 51.3 Å². The average molecular weight is 469 g/mol. The summed E-state index contributed by atoms with van der Waals surface area (Å²) in [5.41, 5.74) is -6.25. The zero-order valence-corrected chi connectivity index (χ0v) is 20.4. The first-order valence-electron chi connectivity index (χ1n) is 11.8. The summed E-state index contributed by atoms with van der Waals surface area (Å²) < 4.78 is 17.2. The van der Waals surface area contributed by atoms with E-state index in [0.29, 0.717) is 42.1 Å². The van der Waals surface area contributed by atoms with Crippen molar-refractivity contribution >= 4 is 5.78 Å². The third kappa shape index (κ3) is 2.65. The van der Waals surface area contributed by atoms with Gasteiger partial charge in [0.15, 0.2) is 0 Å². The molecule has 2 heterocycles. The minimum absolute atomic E-state index is 0.134. The lowest BCUT2D eigenvalue weighted by atomic mass is 9.40. The fourth-order valence-corrected chi connectivity index (χ4v) is 6.75. The molecule has 0 spiro atoms. The van der Waals surface area contributed by atoms with Crippen LogP contribution in [-0.2, 0) is 11.2 Å². The number of methoxy groups -OCH3 is 1. The molecule has 1 aliphatic heterocycles. The first-order valence-corrected chi connectivity index (χ1v) is 11.8. The Labute approximate surface area is 198 Å². The van der Waals surface area contributed by atoms with Gasteiger partial charge >= 0.3 is 5.63 Å². The zero-order valence-electron chi connectivity index (χ0n) is 20.4. The van der Waals surface area contributed by atoms with Crippen LogP contribution in [0.1, 0.15) is 58.9 Å². The van der Waals surface area contributed by atoms with Crippen molar-refractivity contribution in [2.24, 2.45) is 10.8 Å². The predicted octanol–water partition coefficient (Wildman–Crippen LogP) is 3.66. The topological polar surface area (TPSA) is 106 Å². The third-order valence-electron chi connectivity index (χ3n) is 9.30. The fraction of sp³-hybridized carbons (Fsp3) is 0.556. The first kappa shape index (κ1) is 23.1. The molecule has 2 aromatic rings. The summed E-state index contributed by atoms with van der Waals surface area (Å²) in [5, 5.41) is 24.3. The summed E-state index contributed by atoms with van der Waals surface area (Å²) in [6.45, 7) is 7.31. The number of hydrogen-bond donors (Lipinski definition) is 2. The lowest BCUT2D eigenvalue weighted by Crippen LogP contribution is -2.82. The van der Waals surface area contributed by atoms with E-state index in [9.17, 15) is 19.8 Å². The Balaban J connectivity index is 1.64. The highest BCUT2D eigenvalue weighted by molar-refractivity contribution is 5.89. The summed E-state index contributed by atoms with van der Waals surface area (Å²) in [4.78, 5) is 26.6. The molecule has 0 amide bonds. The van der Waals surface area contributed by atoms with Crippen molar-refractivity contribution in [1.82, 2.24) is 0 Å². The van der Waals surface area contributed by atoms with Crippen molar-refractivity contribution in [1.29, 1.82) is 0 Å². The maximum absolute atomic E-state index is 13.4. The van der Waals surface area contributed by atoms with Gasteiger partial charge in [0.1, 0.15) is 34.2 Å². The summed E-state index contributed by atoms with van der Waals surface area (Å²) in [7, 11) is 1.58. The Morgan fingerprint density at radius 2 is 1.62 bits per heavy atom. The van der Waals surface area contributed by atoms with Gasteiger partial charge in [-0.2, -0.15) is 0 Å². The summed E-state index contributed by atoms with van der Waals surface area (Å²) in [6, 6.07) is 8.78. The Bertz CT molecular complexity index is 1230. The summed E-state index contributed by atoms with van der Waals surface area (Å²) in [5.74, 6) is 1.16. The molecule has 3 aliphatic rings. The molecule has 4 atom stereocenters. The van der Waals surface area contributed by atoms with Crippen molar-refractivity contribution in [2.45, 2.75) is 76.6 Å². The van der Waals surface area contributed by atoms with E-state index in [2.05, 4.69) is 0 Å². The predicted molar refractivity (Wildman–Crippen MR) is 125 cm³/mol. The normalized spacial score (nSPS) is 36.0. The van der Waals surface area contributed by atoms with Crippen LogP contribution in [0.5, 0.6) is 11.5 Å². The number of aliphatic hydroxyl groups is 2. The number of carbonyl (C=O) groups is 1. The minimum Gasteiger partial charge on any atom is -0.497 e. The number of carbonyl (C=O) groups excluding carboxylic acids is 1. The molecule has 2 fully saturated rings. The van der Waals surface area contributed by atoms with Gasteiger partial charge in [-0.15, -0.1) is 0 Å². The molecule has 182 valence electrons. The lowest BCUT2D eigenvalue weighted by molar-refractivity contribution is -0.309. The van der Waals surface area contributed by atoms with E-state index >= 15 is 0 Å². The van der Waals surface area contributed by atoms with Gasteiger partial charge in [-0.1, -0.05) is 13.8 Å². The molecule has 2 aliphatic carbocycles. The third-order valence-corrected chi connectivity index (χ3v) is 9.30. The van der Waals surface area contributed by atoms with Gasteiger partial charge in [-0.3, -0.25) is 4.79 Å². The summed E-state index contributed by atoms with van der Waals surface area (Å²) in [6.07, 6.45) is 1.30. The van der Waals surface area contributed by atoms with Crippen LogP contribution in [0, 0.1) is 10.8 Å². The number of ether oxygens (including phenoxy) is 2. The van der Waals surface area contributed by atoms with Crippen molar-refractivity contribution < 1.29 is 28.9 Å². The van der Waals surface area contributed by atoms with Crippen LogP contribution in [-0.4, -0.2) is 39.9 Å². The van der Waals surface area contributed by atoms with Crippen LogP contribution in [0.25, 0.3) is 11.3 Å². The van der Waals surface area contributed by atoms with Gasteiger partial charge in [0.2, 0.25) is 0 Å². The Morgan fingerprint density at radius 3 is 2.26 bits per heavy atom. The number of fused-ring (bicyclic) bond motifs is 4. The second kappa shape index (κ2) is 6.95.